The van der Waals surface area contributed by atoms with Crippen molar-refractivity contribution in [2.45, 2.75) is 46.3 Å². The second-order valence-corrected chi connectivity index (χ2v) is 6.49. The number of ketones is 1. The average Bonchev–Trinajstić information content (AvgIpc) is 2.43. The zero-order chi connectivity index (χ0) is 15.5. The largest absolute Gasteiger partial charge is 0.352 e. The van der Waals surface area contributed by atoms with Gasteiger partial charge in [-0.1, -0.05) is 19.9 Å². The molecular formula is C17H23FO3. The Balaban J connectivity index is 1.78. The molecule has 0 saturated carbocycles. The van der Waals surface area contributed by atoms with E-state index in [0.29, 0.717) is 38.0 Å². The minimum absolute atomic E-state index is 0.0249. The van der Waals surface area contributed by atoms with Crippen molar-refractivity contribution in [3.05, 3.63) is 35.1 Å². The van der Waals surface area contributed by atoms with Crippen LogP contribution in [0, 0.1) is 18.2 Å². The SMILES string of the molecule is Cc1ccc(F)cc1C(=O)CCCC1OCC(C)(C)CO1. The minimum atomic E-state index is -0.370. The zero-order valence-corrected chi connectivity index (χ0v) is 12.9. The molecule has 1 saturated heterocycles. The summed E-state index contributed by atoms with van der Waals surface area (Å²) in [4.78, 5) is 12.1. The highest BCUT2D eigenvalue weighted by molar-refractivity contribution is 5.97. The number of aryl methyl sites for hydroxylation is 1. The third-order valence-corrected chi connectivity index (χ3v) is 3.66. The summed E-state index contributed by atoms with van der Waals surface area (Å²) in [7, 11) is 0. The lowest BCUT2D eigenvalue weighted by Crippen LogP contribution is -2.37. The Labute approximate surface area is 125 Å². The first-order valence-electron chi connectivity index (χ1n) is 7.40. The van der Waals surface area contributed by atoms with Gasteiger partial charge in [0.1, 0.15) is 5.82 Å². The van der Waals surface area contributed by atoms with Crippen molar-refractivity contribution < 1.29 is 18.7 Å². The van der Waals surface area contributed by atoms with Gasteiger partial charge >= 0.3 is 0 Å². The van der Waals surface area contributed by atoms with Crippen LogP contribution in [0.3, 0.4) is 0 Å². The van der Waals surface area contributed by atoms with E-state index in [-0.39, 0.29) is 23.3 Å². The van der Waals surface area contributed by atoms with Gasteiger partial charge in [0.05, 0.1) is 13.2 Å². The molecule has 0 radical (unpaired) electrons. The van der Waals surface area contributed by atoms with Gasteiger partial charge in [0.15, 0.2) is 12.1 Å². The fourth-order valence-corrected chi connectivity index (χ4v) is 2.35. The van der Waals surface area contributed by atoms with E-state index in [1.807, 2.05) is 6.92 Å². The number of carbonyl (C=O) groups excluding carboxylic acids is 1. The van der Waals surface area contributed by atoms with Gasteiger partial charge in [0.25, 0.3) is 0 Å². The molecule has 0 aliphatic carbocycles. The van der Waals surface area contributed by atoms with Crippen LogP contribution in [0.5, 0.6) is 0 Å². The summed E-state index contributed by atoms with van der Waals surface area (Å²) in [5.41, 5.74) is 1.35. The highest BCUT2D eigenvalue weighted by Gasteiger charge is 2.28. The topological polar surface area (TPSA) is 35.5 Å². The highest BCUT2D eigenvalue weighted by Crippen LogP contribution is 2.25. The Kier molecular flexibility index (Phi) is 5.12. The monoisotopic (exact) mass is 294 g/mol. The highest BCUT2D eigenvalue weighted by atomic mass is 19.1. The molecule has 0 unspecified atom stereocenters. The van der Waals surface area contributed by atoms with E-state index >= 15 is 0 Å². The molecule has 4 heteroatoms. The number of carbonyl (C=O) groups is 1. The van der Waals surface area contributed by atoms with Crippen LogP contribution >= 0.6 is 0 Å². The first-order valence-corrected chi connectivity index (χ1v) is 7.40. The summed E-state index contributed by atoms with van der Waals surface area (Å²) in [6.07, 6.45) is 1.53. The number of rotatable bonds is 5. The zero-order valence-electron chi connectivity index (χ0n) is 12.9. The third kappa shape index (κ3) is 4.61. The van der Waals surface area contributed by atoms with Gasteiger partial charge < -0.3 is 9.47 Å². The predicted molar refractivity (Wildman–Crippen MR) is 78.8 cm³/mol. The second kappa shape index (κ2) is 6.67. The lowest BCUT2D eigenvalue weighted by Gasteiger charge is -2.34. The number of halogens is 1. The van der Waals surface area contributed by atoms with E-state index in [2.05, 4.69) is 13.8 Å². The minimum Gasteiger partial charge on any atom is -0.352 e. The van der Waals surface area contributed by atoms with Crippen LogP contribution in [-0.4, -0.2) is 25.3 Å². The lowest BCUT2D eigenvalue weighted by atomic mass is 9.95. The summed E-state index contributed by atoms with van der Waals surface area (Å²) in [5.74, 6) is -0.395. The van der Waals surface area contributed by atoms with Crippen molar-refractivity contribution in [1.29, 1.82) is 0 Å². The molecule has 1 aromatic rings. The molecule has 3 nitrogen and oxygen atoms in total. The Hall–Kier alpha value is -1.26. The van der Waals surface area contributed by atoms with Crippen LogP contribution < -0.4 is 0 Å². The van der Waals surface area contributed by atoms with Crippen LogP contribution in [0.2, 0.25) is 0 Å². The van der Waals surface area contributed by atoms with Gasteiger partial charge in [0.2, 0.25) is 0 Å². The smallest absolute Gasteiger partial charge is 0.163 e. The van der Waals surface area contributed by atoms with Crippen LogP contribution in [-0.2, 0) is 9.47 Å². The first kappa shape index (κ1) is 16.1. The molecule has 1 aromatic carbocycles. The number of benzene rings is 1. The Bertz CT molecular complexity index is 501. The number of hydrogen-bond donors (Lipinski definition) is 0. The van der Waals surface area contributed by atoms with Crippen molar-refractivity contribution in [3.8, 4) is 0 Å². The quantitative estimate of drug-likeness (QED) is 0.773. The first-order chi connectivity index (χ1) is 9.87. The maximum atomic E-state index is 13.2. The molecule has 1 aliphatic rings. The van der Waals surface area contributed by atoms with Crippen LogP contribution in [0.25, 0.3) is 0 Å². The van der Waals surface area contributed by atoms with Crippen molar-refractivity contribution in [2.24, 2.45) is 5.41 Å². The molecule has 1 fully saturated rings. The molecule has 0 amide bonds. The van der Waals surface area contributed by atoms with Crippen molar-refractivity contribution >= 4 is 5.78 Å². The van der Waals surface area contributed by atoms with Crippen molar-refractivity contribution in [3.63, 3.8) is 0 Å². The van der Waals surface area contributed by atoms with Gasteiger partial charge in [0, 0.05) is 17.4 Å². The van der Waals surface area contributed by atoms with Gasteiger partial charge in [-0.25, -0.2) is 4.39 Å². The van der Waals surface area contributed by atoms with Gasteiger partial charge in [-0.2, -0.15) is 0 Å². The molecule has 116 valence electrons. The standard InChI is InChI=1S/C17H23FO3/c1-12-7-8-13(18)9-14(12)15(19)5-4-6-16-20-10-17(2,3)11-21-16/h7-9,16H,4-6,10-11H2,1-3H3. The molecule has 2 rings (SSSR count). The molecular weight excluding hydrogens is 271 g/mol. The summed E-state index contributed by atoms with van der Waals surface area (Å²) >= 11 is 0. The molecule has 1 aliphatic heterocycles. The number of hydrogen-bond acceptors (Lipinski definition) is 3. The normalized spacial score (nSPS) is 18.7. The summed E-state index contributed by atoms with van der Waals surface area (Å²) in [6.45, 7) is 7.37. The van der Waals surface area contributed by atoms with E-state index in [4.69, 9.17) is 9.47 Å². The second-order valence-electron chi connectivity index (χ2n) is 6.49. The van der Waals surface area contributed by atoms with E-state index in [9.17, 15) is 9.18 Å². The molecule has 0 N–H and O–H groups in total. The van der Waals surface area contributed by atoms with E-state index < -0.39 is 0 Å². The molecule has 0 atom stereocenters. The molecule has 1 heterocycles. The van der Waals surface area contributed by atoms with E-state index in [1.54, 1.807) is 6.07 Å². The number of ether oxygens (including phenoxy) is 2. The lowest BCUT2D eigenvalue weighted by molar-refractivity contribution is -0.223. The van der Waals surface area contributed by atoms with Gasteiger partial charge in [-0.05, 0) is 37.5 Å². The average molecular weight is 294 g/mol. The third-order valence-electron chi connectivity index (χ3n) is 3.66. The Morgan fingerprint density at radius 1 is 1.33 bits per heavy atom. The summed E-state index contributed by atoms with van der Waals surface area (Å²) in [5, 5.41) is 0. The Morgan fingerprint density at radius 3 is 2.67 bits per heavy atom. The maximum Gasteiger partial charge on any atom is 0.163 e. The van der Waals surface area contributed by atoms with Crippen molar-refractivity contribution in [2.75, 3.05) is 13.2 Å². The van der Waals surface area contributed by atoms with Crippen LogP contribution in [0.4, 0.5) is 4.39 Å². The van der Waals surface area contributed by atoms with Crippen molar-refractivity contribution in [1.82, 2.24) is 0 Å². The molecule has 0 bridgehead atoms. The predicted octanol–water partition coefficient (Wildman–Crippen LogP) is 3.89. The molecule has 0 aromatic heterocycles. The summed E-state index contributed by atoms with van der Waals surface area (Å²) < 4.78 is 24.5. The fraction of sp³-hybridized carbons (Fsp3) is 0.588. The van der Waals surface area contributed by atoms with Crippen LogP contribution in [0.15, 0.2) is 18.2 Å². The van der Waals surface area contributed by atoms with E-state index in [0.717, 1.165) is 5.56 Å². The van der Waals surface area contributed by atoms with Crippen LogP contribution in [0.1, 0.15) is 49.0 Å². The van der Waals surface area contributed by atoms with Gasteiger partial charge in [-0.15, -0.1) is 0 Å². The number of Topliss-reactive ketones (excluding diaryl/α,β-unsaturated/α-hetero) is 1. The van der Waals surface area contributed by atoms with Gasteiger partial charge in [-0.3, -0.25) is 4.79 Å². The summed E-state index contributed by atoms with van der Waals surface area (Å²) in [6, 6.07) is 4.32. The maximum absolute atomic E-state index is 13.2. The Morgan fingerprint density at radius 2 is 2.00 bits per heavy atom. The molecule has 21 heavy (non-hydrogen) atoms. The van der Waals surface area contributed by atoms with E-state index in [1.165, 1.54) is 12.1 Å². The fourth-order valence-electron chi connectivity index (χ4n) is 2.35. The molecule has 0 spiro atoms.